The Morgan fingerprint density at radius 1 is 0.897 bits per heavy atom. The lowest BCUT2D eigenvalue weighted by Gasteiger charge is -2.26. The number of rotatable bonds is 8. The number of nitrogens with one attached hydrogen (secondary N) is 1. The van der Waals surface area contributed by atoms with Crippen LogP contribution in [0.5, 0.6) is 5.75 Å². The number of halogens is 2. The largest absolute Gasteiger partial charge is 0.484 e. The van der Waals surface area contributed by atoms with Gasteiger partial charge < -0.3 is 10.1 Å². The number of hydrogen-bond donors (Lipinski definition) is 1. The molecule has 3 aromatic rings. The lowest BCUT2D eigenvalue weighted by atomic mass is 9.86. The third-order valence-corrected chi connectivity index (χ3v) is 5.28. The molecule has 0 unspecified atom stereocenters. The molecule has 0 saturated carbocycles. The standard InChI is InChI=1S/C24H23Cl2NO2/c1-17(27-24(28)16-29-22-5-3-2-4-6-22)23(19-9-13-21(26)14-10-19)15-18-7-11-20(25)12-8-18/h2-14,17,23H,15-16H2,1H3,(H,27,28)/t17-,23+/m1/s1. The quantitative estimate of drug-likeness (QED) is 0.485. The van der Waals surface area contributed by atoms with Crippen LogP contribution in [0, 0.1) is 0 Å². The number of hydrogen-bond acceptors (Lipinski definition) is 2. The number of ether oxygens (including phenoxy) is 1. The lowest BCUT2D eigenvalue weighted by molar-refractivity contribution is -0.123. The van der Waals surface area contributed by atoms with E-state index in [0.717, 1.165) is 17.5 Å². The summed E-state index contributed by atoms with van der Waals surface area (Å²) in [5, 5.41) is 4.46. The summed E-state index contributed by atoms with van der Waals surface area (Å²) in [6.07, 6.45) is 0.764. The minimum Gasteiger partial charge on any atom is -0.484 e. The Morgan fingerprint density at radius 3 is 2.10 bits per heavy atom. The molecule has 5 heteroatoms. The van der Waals surface area contributed by atoms with Gasteiger partial charge in [0.05, 0.1) is 0 Å². The van der Waals surface area contributed by atoms with Gasteiger partial charge in [0, 0.05) is 22.0 Å². The summed E-state index contributed by atoms with van der Waals surface area (Å²) < 4.78 is 5.56. The van der Waals surface area contributed by atoms with Crippen LogP contribution in [0.2, 0.25) is 10.0 Å². The highest BCUT2D eigenvalue weighted by Crippen LogP contribution is 2.26. The Bertz CT molecular complexity index is 912. The first kappa shape index (κ1) is 21.2. The number of carbonyl (C=O) groups is 1. The van der Waals surface area contributed by atoms with Gasteiger partial charge in [-0.05, 0) is 60.9 Å². The van der Waals surface area contributed by atoms with Crippen LogP contribution in [-0.4, -0.2) is 18.6 Å². The smallest absolute Gasteiger partial charge is 0.258 e. The molecule has 0 saturated heterocycles. The van der Waals surface area contributed by atoms with Crippen LogP contribution in [0.15, 0.2) is 78.9 Å². The molecule has 1 N–H and O–H groups in total. The SMILES string of the molecule is C[C@@H](NC(=O)COc1ccccc1)[C@H](Cc1ccc(Cl)cc1)c1ccc(Cl)cc1. The fraction of sp³-hybridized carbons (Fsp3) is 0.208. The van der Waals surface area contributed by atoms with Gasteiger partial charge in [-0.25, -0.2) is 0 Å². The molecular formula is C24H23Cl2NO2. The molecular weight excluding hydrogens is 405 g/mol. The van der Waals surface area contributed by atoms with Gasteiger partial charge in [0.15, 0.2) is 6.61 Å². The van der Waals surface area contributed by atoms with Crippen molar-refractivity contribution in [2.45, 2.75) is 25.3 Å². The summed E-state index contributed by atoms with van der Waals surface area (Å²) in [5.41, 5.74) is 2.26. The number of para-hydroxylation sites is 1. The molecule has 0 aliphatic carbocycles. The average molecular weight is 428 g/mol. The van der Waals surface area contributed by atoms with E-state index in [-0.39, 0.29) is 24.5 Å². The fourth-order valence-electron chi connectivity index (χ4n) is 3.23. The second-order valence-electron chi connectivity index (χ2n) is 6.95. The second-order valence-corrected chi connectivity index (χ2v) is 7.82. The van der Waals surface area contributed by atoms with Crippen molar-refractivity contribution in [2.24, 2.45) is 0 Å². The van der Waals surface area contributed by atoms with Crippen LogP contribution in [0.25, 0.3) is 0 Å². The van der Waals surface area contributed by atoms with Crippen molar-refractivity contribution in [3.63, 3.8) is 0 Å². The van der Waals surface area contributed by atoms with Gasteiger partial charge in [0.25, 0.3) is 5.91 Å². The number of benzene rings is 3. The van der Waals surface area contributed by atoms with Crippen LogP contribution in [0.3, 0.4) is 0 Å². The molecule has 3 aromatic carbocycles. The fourth-order valence-corrected chi connectivity index (χ4v) is 3.48. The Kier molecular flexibility index (Phi) is 7.56. The Labute approximate surface area is 181 Å². The minimum atomic E-state index is -0.156. The third kappa shape index (κ3) is 6.52. The van der Waals surface area contributed by atoms with E-state index in [4.69, 9.17) is 27.9 Å². The number of carbonyl (C=O) groups excluding carboxylic acids is 1. The Morgan fingerprint density at radius 2 is 1.48 bits per heavy atom. The molecule has 0 bridgehead atoms. The molecule has 0 spiro atoms. The zero-order valence-corrected chi connectivity index (χ0v) is 17.7. The maximum Gasteiger partial charge on any atom is 0.258 e. The highest BCUT2D eigenvalue weighted by atomic mass is 35.5. The van der Waals surface area contributed by atoms with Crippen molar-refractivity contribution in [1.29, 1.82) is 0 Å². The summed E-state index contributed by atoms with van der Waals surface area (Å²) in [4.78, 5) is 12.4. The van der Waals surface area contributed by atoms with Crippen molar-refractivity contribution in [3.8, 4) is 5.75 Å². The summed E-state index contributed by atoms with van der Waals surface area (Å²) in [7, 11) is 0. The molecule has 3 nitrogen and oxygen atoms in total. The molecule has 150 valence electrons. The van der Waals surface area contributed by atoms with Crippen molar-refractivity contribution in [2.75, 3.05) is 6.61 Å². The maximum absolute atomic E-state index is 12.4. The van der Waals surface area contributed by atoms with Gasteiger partial charge in [0.1, 0.15) is 5.75 Å². The zero-order chi connectivity index (χ0) is 20.6. The molecule has 3 rings (SSSR count). The van der Waals surface area contributed by atoms with Crippen molar-refractivity contribution < 1.29 is 9.53 Å². The molecule has 0 aliphatic rings. The normalized spacial score (nSPS) is 12.8. The van der Waals surface area contributed by atoms with E-state index < -0.39 is 0 Å². The van der Waals surface area contributed by atoms with Crippen LogP contribution < -0.4 is 10.1 Å². The van der Waals surface area contributed by atoms with E-state index in [9.17, 15) is 4.79 Å². The van der Waals surface area contributed by atoms with Crippen molar-refractivity contribution >= 4 is 29.1 Å². The average Bonchev–Trinajstić information content (AvgIpc) is 2.73. The highest BCUT2D eigenvalue weighted by molar-refractivity contribution is 6.30. The predicted octanol–water partition coefficient (Wildman–Crippen LogP) is 5.90. The minimum absolute atomic E-state index is 0.0252. The molecule has 0 fully saturated rings. The van der Waals surface area contributed by atoms with E-state index in [1.165, 1.54) is 0 Å². The highest BCUT2D eigenvalue weighted by Gasteiger charge is 2.22. The summed E-state index contributed by atoms with van der Waals surface area (Å²) in [5.74, 6) is 0.594. The van der Waals surface area contributed by atoms with Crippen molar-refractivity contribution in [3.05, 3.63) is 100 Å². The first-order valence-corrected chi connectivity index (χ1v) is 10.2. The first-order valence-electron chi connectivity index (χ1n) is 9.48. The van der Waals surface area contributed by atoms with Crippen LogP contribution in [-0.2, 0) is 11.2 Å². The molecule has 0 radical (unpaired) electrons. The van der Waals surface area contributed by atoms with Gasteiger partial charge in [-0.2, -0.15) is 0 Å². The van der Waals surface area contributed by atoms with Crippen LogP contribution >= 0.6 is 23.2 Å². The summed E-state index contributed by atoms with van der Waals surface area (Å²) in [6.45, 7) is 1.98. The zero-order valence-electron chi connectivity index (χ0n) is 16.1. The molecule has 0 aliphatic heterocycles. The molecule has 2 atom stereocenters. The number of amides is 1. The Hall–Kier alpha value is -2.49. The van der Waals surface area contributed by atoms with Gasteiger partial charge in [-0.3, -0.25) is 4.79 Å². The monoisotopic (exact) mass is 427 g/mol. The van der Waals surface area contributed by atoms with E-state index in [1.807, 2.05) is 85.8 Å². The second kappa shape index (κ2) is 10.3. The lowest BCUT2D eigenvalue weighted by Crippen LogP contribution is -2.40. The van der Waals surface area contributed by atoms with Crippen LogP contribution in [0.1, 0.15) is 24.0 Å². The van der Waals surface area contributed by atoms with Gasteiger partial charge in [-0.1, -0.05) is 65.7 Å². The van der Waals surface area contributed by atoms with E-state index in [0.29, 0.717) is 15.8 Å². The van der Waals surface area contributed by atoms with E-state index >= 15 is 0 Å². The first-order chi connectivity index (χ1) is 14.0. The van der Waals surface area contributed by atoms with Crippen molar-refractivity contribution in [1.82, 2.24) is 5.32 Å². The molecule has 0 heterocycles. The van der Waals surface area contributed by atoms with E-state index in [2.05, 4.69) is 5.32 Å². The molecule has 29 heavy (non-hydrogen) atoms. The topological polar surface area (TPSA) is 38.3 Å². The predicted molar refractivity (Wildman–Crippen MR) is 119 cm³/mol. The van der Waals surface area contributed by atoms with Gasteiger partial charge in [0.2, 0.25) is 0 Å². The summed E-state index contributed by atoms with van der Waals surface area (Å²) >= 11 is 12.1. The summed E-state index contributed by atoms with van der Waals surface area (Å²) in [6, 6.07) is 24.8. The maximum atomic E-state index is 12.4. The Balaban J connectivity index is 1.69. The van der Waals surface area contributed by atoms with E-state index in [1.54, 1.807) is 0 Å². The molecule has 0 aromatic heterocycles. The van der Waals surface area contributed by atoms with Crippen LogP contribution in [0.4, 0.5) is 0 Å². The van der Waals surface area contributed by atoms with Gasteiger partial charge >= 0.3 is 0 Å². The molecule has 1 amide bonds. The van der Waals surface area contributed by atoms with Gasteiger partial charge in [-0.15, -0.1) is 0 Å². The third-order valence-electron chi connectivity index (χ3n) is 4.77.